The van der Waals surface area contributed by atoms with Crippen molar-refractivity contribution in [2.24, 2.45) is 13.0 Å². The fourth-order valence-corrected chi connectivity index (χ4v) is 6.72. The van der Waals surface area contributed by atoms with Gasteiger partial charge in [-0.2, -0.15) is 4.31 Å². The van der Waals surface area contributed by atoms with Crippen molar-refractivity contribution >= 4 is 33.8 Å². The first-order valence-electron chi connectivity index (χ1n) is 13.1. The molecule has 10 nitrogen and oxygen atoms in total. The van der Waals surface area contributed by atoms with E-state index in [9.17, 15) is 22.4 Å². The lowest BCUT2D eigenvalue weighted by molar-refractivity contribution is -0.120. The monoisotopic (exact) mass is 579 g/mol. The number of carbonyl (C=O) groups is 1. The maximum absolute atomic E-state index is 14.0. The number of hydrogen-bond donors (Lipinski definition) is 1. The number of aromatic nitrogens is 3. The normalized spacial score (nSPS) is 15.0. The lowest BCUT2D eigenvalue weighted by Crippen LogP contribution is -2.42. The molecule has 1 aliphatic heterocycles. The Morgan fingerprint density at radius 1 is 1.05 bits per heavy atom. The molecule has 1 N–H and O–H groups in total. The van der Waals surface area contributed by atoms with Crippen molar-refractivity contribution in [2.75, 3.05) is 18.4 Å². The molecule has 5 rings (SSSR count). The van der Waals surface area contributed by atoms with Crippen LogP contribution in [0, 0.1) is 25.6 Å². The van der Waals surface area contributed by atoms with E-state index in [1.54, 1.807) is 49.0 Å². The number of rotatable bonds is 7. The predicted molar refractivity (Wildman–Crippen MR) is 152 cm³/mol. The number of carbonyl (C=O) groups excluding carboxylic acids is 1. The number of nitrogens with zero attached hydrogens (tertiary/aromatic N) is 4. The molecule has 1 fully saturated rings. The van der Waals surface area contributed by atoms with Crippen LogP contribution in [0.3, 0.4) is 0 Å². The third kappa shape index (κ3) is 5.40. The smallest absolute Gasteiger partial charge is 0.295 e. The number of aryl methyl sites for hydroxylation is 1. The van der Waals surface area contributed by atoms with Gasteiger partial charge in [-0.3, -0.25) is 14.3 Å². The fraction of sp³-hybridized carbons (Fsp3) is 0.276. The summed E-state index contributed by atoms with van der Waals surface area (Å²) in [4.78, 5) is 26.2. The molecule has 4 aromatic rings. The van der Waals surface area contributed by atoms with Crippen LogP contribution in [0.4, 0.5) is 10.1 Å². The summed E-state index contributed by atoms with van der Waals surface area (Å²) in [6.45, 7) is 3.49. The predicted octanol–water partition coefficient (Wildman–Crippen LogP) is 4.13. The van der Waals surface area contributed by atoms with Crippen molar-refractivity contribution < 1.29 is 22.1 Å². The van der Waals surface area contributed by atoms with E-state index in [4.69, 9.17) is 4.52 Å². The summed E-state index contributed by atoms with van der Waals surface area (Å²) in [6, 6.07) is 15.2. The molecule has 0 spiro atoms. The van der Waals surface area contributed by atoms with Gasteiger partial charge >= 0.3 is 0 Å². The summed E-state index contributed by atoms with van der Waals surface area (Å²) in [7, 11) is -2.26. The molecular weight excluding hydrogens is 549 g/mol. The second kappa shape index (κ2) is 11.3. The van der Waals surface area contributed by atoms with Crippen molar-refractivity contribution in [2.45, 2.75) is 31.6 Å². The minimum atomic E-state index is -4.01. The standard InChI is InChI=1S/C29H30FN5O5S/c1-19-27(25(40-32-19)14-13-21-9-7-8-12-24(21)30)41(38,39)34-17-15-22(16-18-34)28(36)31-26-20(2)33(3)35(29(26)37)23-10-5-4-6-11-23/h4-14,22H,15-18H2,1-3H3,(H,31,36). The number of piperidine rings is 1. The van der Waals surface area contributed by atoms with E-state index in [2.05, 4.69) is 10.5 Å². The zero-order chi connectivity index (χ0) is 29.3. The highest BCUT2D eigenvalue weighted by molar-refractivity contribution is 7.89. The highest BCUT2D eigenvalue weighted by Gasteiger charge is 2.36. The van der Waals surface area contributed by atoms with Gasteiger partial charge in [0.2, 0.25) is 15.9 Å². The van der Waals surface area contributed by atoms with E-state index >= 15 is 0 Å². The second-order valence-electron chi connectivity index (χ2n) is 9.92. The number of hydrogen-bond acceptors (Lipinski definition) is 6. The molecule has 0 saturated carbocycles. The van der Waals surface area contributed by atoms with Gasteiger partial charge in [-0.1, -0.05) is 41.6 Å². The summed E-state index contributed by atoms with van der Waals surface area (Å²) in [5.74, 6) is -1.26. The fourth-order valence-electron chi connectivity index (χ4n) is 5.00. The largest absolute Gasteiger partial charge is 0.355 e. The maximum atomic E-state index is 14.0. The molecule has 1 aliphatic rings. The molecule has 0 bridgehead atoms. The maximum Gasteiger partial charge on any atom is 0.295 e. The van der Waals surface area contributed by atoms with Crippen LogP contribution in [0.25, 0.3) is 17.8 Å². The lowest BCUT2D eigenvalue weighted by Gasteiger charge is -2.30. The molecular formula is C29H30FN5O5S. The number of anilines is 1. The average molecular weight is 580 g/mol. The van der Waals surface area contributed by atoms with E-state index in [1.165, 1.54) is 34.1 Å². The molecule has 41 heavy (non-hydrogen) atoms. The molecule has 2 aromatic carbocycles. The van der Waals surface area contributed by atoms with Gasteiger partial charge in [0.15, 0.2) is 10.7 Å². The molecule has 1 amide bonds. The number of amides is 1. The van der Waals surface area contributed by atoms with Crippen molar-refractivity contribution in [1.29, 1.82) is 0 Å². The Hall–Kier alpha value is -4.29. The Kier molecular flexibility index (Phi) is 7.78. The average Bonchev–Trinajstić information content (AvgIpc) is 3.45. The summed E-state index contributed by atoms with van der Waals surface area (Å²) in [6.07, 6.45) is 3.36. The van der Waals surface area contributed by atoms with E-state index in [0.29, 0.717) is 11.4 Å². The van der Waals surface area contributed by atoms with Crippen LogP contribution in [0.1, 0.15) is 35.6 Å². The van der Waals surface area contributed by atoms with Gasteiger partial charge in [-0.25, -0.2) is 17.5 Å². The molecule has 2 aromatic heterocycles. The third-order valence-electron chi connectivity index (χ3n) is 7.38. The van der Waals surface area contributed by atoms with Gasteiger partial charge in [-0.15, -0.1) is 0 Å². The summed E-state index contributed by atoms with van der Waals surface area (Å²) < 4.78 is 50.9. The number of para-hydroxylation sites is 1. The highest BCUT2D eigenvalue weighted by atomic mass is 32.2. The van der Waals surface area contributed by atoms with Gasteiger partial charge in [0.25, 0.3) is 5.56 Å². The Morgan fingerprint density at radius 2 is 1.71 bits per heavy atom. The summed E-state index contributed by atoms with van der Waals surface area (Å²) >= 11 is 0. The van der Waals surface area contributed by atoms with Gasteiger partial charge in [0.05, 0.1) is 11.4 Å². The molecule has 12 heteroatoms. The van der Waals surface area contributed by atoms with Crippen LogP contribution in [0.2, 0.25) is 0 Å². The number of nitrogens with one attached hydrogen (secondary N) is 1. The molecule has 1 saturated heterocycles. The van der Waals surface area contributed by atoms with E-state index in [-0.39, 0.29) is 65.0 Å². The number of benzene rings is 2. The van der Waals surface area contributed by atoms with E-state index in [0.717, 1.165) is 0 Å². The topological polar surface area (TPSA) is 119 Å². The molecule has 0 unspecified atom stereocenters. The van der Waals surface area contributed by atoms with Gasteiger partial charge < -0.3 is 9.84 Å². The molecule has 0 radical (unpaired) electrons. The quantitative estimate of drug-likeness (QED) is 0.352. The Labute approximate surface area is 236 Å². The zero-order valence-electron chi connectivity index (χ0n) is 22.9. The van der Waals surface area contributed by atoms with Crippen LogP contribution in [-0.2, 0) is 21.9 Å². The highest BCUT2D eigenvalue weighted by Crippen LogP contribution is 2.30. The van der Waals surface area contributed by atoms with Crippen molar-refractivity contribution in [1.82, 2.24) is 18.8 Å². The molecule has 3 heterocycles. The van der Waals surface area contributed by atoms with Crippen LogP contribution < -0.4 is 10.9 Å². The molecule has 214 valence electrons. The van der Waals surface area contributed by atoms with Crippen molar-refractivity contribution in [3.63, 3.8) is 0 Å². The molecule has 0 atom stereocenters. The number of halogens is 1. The van der Waals surface area contributed by atoms with E-state index in [1.807, 2.05) is 18.2 Å². The Bertz CT molecular complexity index is 1780. The van der Waals surface area contributed by atoms with Crippen molar-refractivity contribution in [3.8, 4) is 5.69 Å². The van der Waals surface area contributed by atoms with Gasteiger partial charge in [-0.05, 0) is 57.0 Å². The third-order valence-corrected chi connectivity index (χ3v) is 9.44. The molecule has 0 aliphatic carbocycles. The first kappa shape index (κ1) is 28.2. The Balaban J connectivity index is 1.29. The minimum Gasteiger partial charge on any atom is -0.355 e. The van der Waals surface area contributed by atoms with Crippen LogP contribution >= 0.6 is 0 Å². The number of sulfonamides is 1. The Morgan fingerprint density at radius 3 is 2.39 bits per heavy atom. The first-order chi connectivity index (χ1) is 19.6. The van der Waals surface area contributed by atoms with Crippen LogP contribution in [0.5, 0.6) is 0 Å². The van der Waals surface area contributed by atoms with Gasteiger partial charge in [0.1, 0.15) is 17.2 Å². The first-order valence-corrected chi connectivity index (χ1v) is 14.6. The van der Waals surface area contributed by atoms with E-state index < -0.39 is 21.8 Å². The zero-order valence-corrected chi connectivity index (χ0v) is 23.7. The minimum absolute atomic E-state index is 0.000122. The lowest BCUT2D eigenvalue weighted by atomic mass is 9.97. The summed E-state index contributed by atoms with van der Waals surface area (Å²) in [5, 5.41) is 6.62. The van der Waals surface area contributed by atoms with Crippen LogP contribution in [0.15, 0.2) is 68.8 Å². The van der Waals surface area contributed by atoms with Crippen LogP contribution in [-0.4, -0.2) is 46.2 Å². The SMILES string of the molecule is Cc1noc(C=Cc2ccccc2F)c1S(=O)(=O)N1CCC(C(=O)Nc2c(C)n(C)n(-c3ccccc3)c2=O)CC1. The van der Waals surface area contributed by atoms with Gasteiger partial charge in [0, 0.05) is 31.6 Å². The second-order valence-corrected chi connectivity index (χ2v) is 11.8. The van der Waals surface area contributed by atoms with Crippen molar-refractivity contribution in [3.05, 3.63) is 93.5 Å². The summed E-state index contributed by atoms with van der Waals surface area (Å²) in [5.41, 5.74) is 1.60.